The maximum atomic E-state index is 5.40. The van der Waals surface area contributed by atoms with Gasteiger partial charge in [0.25, 0.3) is 0 Å². The molecule has 7 aromatic carbocycles. The summed E-state index contributed by atoms with van der Waals surface area (Å²) in [4.78, 5) is 15.8. The predicted molar refractivity (Wildman–Crippen MR) is 234 cm³/mol. The number of nitrogens with zero attached hydrogens (tertiary/aromatic N) is 4. The second-order valence-corrected chi connectivity index (χ2v) is 15.2. The fourth-order valence-corrected chi connectivity index (χ4v) is 9.61. The van der Waals surface area contributed by atoms with Crippen LogP contribution in [-0.2, 0) is 5.41 Å². The number of hydrogen-bond acceptors (Lipinski definition) is 3. The molecule has 0 unspecified atom stereocenters. The molecular formula is C54H34N4. The van der Waals surface area contributed by atoms with Crippen LogP contribution in [0.25, 0.3) is 84.3 Å². The van der Waals surface area contributed by atoms with Crippen LogP contribution in [0.15, 0.2) is 206 Å². The van der Waals surface area contributed by atoms with Crippen LogP contribution in [0.4, 0.5) is 0 Å². The summed E-state index contributed by atoms with van der Waals surface area (Å²) in [6, 6.07) is 71.5. The Labute approximate surface area is 336 Å². The molecule has 270 valence electrons. The van der Waals surface area contributed by atoms with E-state index in [1.165, 1.54) is 44.5 Å². The zero-order valence-corrected chi connectivity index (χ0v) is 31.4. The van der Waals surface area contributed by atoms with Crippen LogP contribution < -0.4 is 0 Å². The molecule has 12 rings (SSSR count). The number of hydrogen-bond donors (Lipinski definition) is 0. The summed E-state index contributed by atoms with van der Waals surface area (Å²) in [6.07, 6.45) is 2.08. The molecular weight excluding hydrogens is 705 g/mol. The molecule has 10 aromatic rings. The van der Waals surface area contributed by atoms with E-state index < -0.39 is 5.41 Å². The maximum Gasteiger partial charge on any atom is 0.160 e. The second kappa shape index (κ2) is 12.7. The molecule has 0 saturated heterocycles. The SMILES string of the molecule is c1ccc(-c2cc(-c3ccc4c(c3)C3(c5ccccc5-c5ccccc53)c3ccccc3-4)nc(-c3cccc(-c4nc5ccccn5c4-c4ccccc4)c3)n2)cc1. The van der Waals surface area contributed by atoms with Crippen LogP contribution in [0.1, 0.15) is 22.3 Å². The van der Waals surface area contributed by atoms with Crippen molar-refractivity contribution in [1.29, 1.82) is 0 Å². The highest BCUT2D eigenvalue weighted by molar-refractivity contribution is 5.96. The fourth-order valence-electron chi connectivity index (χ4n) is 9.61. The Balaban J connectivity index is 1.06. The van der Waals surface area contributed by atoms with E-state index >= 15 is 0 Å². The largest absolute Gasteiger partial charge is 0.299 e. The zero-order chi connectivity index (χ0) is 38.2. The van der Waals surface area contributed by atoms with E-state index in [0.29, 0.717) is 5.82 Å². The first kappa shape index (κ1) is 32.5. The fraction of sp³-hybridized carbons (Fsp3) is 0.0185. The van der Waals surface area contributed by atoms with E-state index in [1.807, 2.05) is 18.2 Å². The minimum atomic E-state index is -0.438. The van der Waals surface area contributed by atoms with E-state index in [4.69, 9.17) is 15.0 Å². The molecule has 3 heterocycles. The molecule has 0 radical (unpaired) electrons. The van der Waals surface area contributed by atoms with Crippen LogP contribution in [-0.4, -0.2) is 19.4 Å². The molecule has 0 amide bonds. The lowest BCUT2D eigenvalue weighted by Gasteiger charge is -2.30. The summed E-state index contributed by atoms with van der Waals surface area (Å²) < 4.78 is 2.17. The minimum Gasteiger partial charge on any atom is -0.299 e. The normalized spacial score (nSPS) is 13.0. The molecule has 2 aliphatic rings. The smallest absolute Gasteiger partial charge is 0.160 e. The topological polar surface area (TPSA) is 43.1 Å². The van der Waals surface area contributed by atoms with Crippen molar-refractivity contribution in [3.8, 4) is 78.7 Å². The lowest BCUT2D eigenvalue weighted by molar-refractivity contribution is 0.794. The minimum absolute atomic E-state index is 0.438. The Morgan fingerprint density at radius 2 is 0.879 bits per heavy atom. The van der Waals surface area contributed by atoms with E-state index in [1.54, 1.807) is 0 Å². The average molecular weight is 739 g/mol. The van der Waals surface area contributed by atoms with Gasteiger partial charge in [-0.25, -0.2) is 15.0 Å². The van der Waals surface area contributed by atoms with Gasteiger partial charge in [0.1, 0.15) is 5.65 Å². The third-order valence-electron chi connectivity index (χ3n) is 12.1. The van der Waals surface area contributed by atoms with Crippen molar-refractivity contribution in [2.24, 2.45) is 0 Å². The van der Waals surface area contributed by atoms with Crippen molar-refractivity contribution in [1.82, 2.24) is 19.4 Å². The van der Waals surface area contributed by atoms with Crippen molar-refractivity contribution >= 4 is 5.65 Å². The molecule has 3 aromatic heterocycles. The quantitative estimate of drug-likeness (QED) is 0.177. The number of benzene rings is 7. The van der Waals surface area contributed by atoms with Gasteiger partial charge in [-0.15, -0.1) is 0 Å². The van der Waals surface area contributed by atoms with Crippen LogP contribution in [0.5, 0.6) is 0 Å². The molecule has 4 heteroatoms. The van der Waals surface area contributed by atoms with Gasteiger partial charge in [0.15, 0.2) is 5.82 Å². The summed E-state index contributed by atoms with van der Waals surface area (Å²) in [5.74, 6) is 0.665. The average Bonchev–Trinajstić information content (AvgIpc) is 3.94. The molecule has 4 nitrogen and oxygen atoms in total. The standard InChI is InChI=1S/C54H34N4/c1-3-16-35(17-4-1)48-34-49(56-53(55-48)39-21-15-20-38(32-39)51-52(36-18-5-2-6-19-36)58-31-14-13-28-50(58)57-51)37-29-30-43-42-24-9-12-27-46(42)54(47(43)33-37)44-25-10-7-22-40(44)41-23-8-11-26-45(41)54/h1-34H. The summed E-state index contributed by atoms with van der Waals surface area (Å²) in [5, 5.41) is 0. The van der Waals surface area contributed by atoms with Crippen LogP contribution in [0.2, 0.25) is 0 Å². The van der Waals surface area contributed by atoms with Crippen LogP contribution >= 0.6 is 0 Å². The van der Waals surface area contributed by atoms with Crippen LogP contribution in [0, 0.1) is 0 Å². The first-order chi connectivity index (χ1) is 28.8. The van der Waals surface area contributed by atoms with E-state index in [0.717, 1.165) is 56.2 Å². The lowest BCUT2D eigenvalue weighted by Crippen LogP contribution is -2.25. The van der Waals surface area contributed by atoms with E-state index in [-0.39, 0.29) is 0 Å². The first-order valence-electron chi connectivity index (χ1n) is 19.8. The highest BCUT2D eigenvalue weighted by Gasteiger charge is 2.51. The van der Waals surface area contributed by atoms with Gasteiger partial charge in [-0.05, 0) is 74.8 Å². The predicted octanol–water partition coefficient (Wildman–Crippen LogP) is 12.8. The highest BCUT2D eigenvalue weighted by atomic mass is 15.0. The third-order valence-corrected chi connectivity index (χ3v) is 12.1. The Bertz CT molecular complexity index is 3170. The van der Waals surface area contributed by atoms with Gasteiger partial charge in [0.2, 0.25) is 0 Å². The van der Waals surface area contributed by atoms with Gasteiger partial charge in [-0.1, -0.05) is 170 Å². The van der Waals surface area contributed by atoms with Gasteiger partial charge in [0.05, 0.1) is 28.2 Å². The van der Waals surface area contributed by atoms with Gasteiger partial charge in [0, 0.05) is 34.0 Å². The van der Waals surface area contributed by atoms with Crippen molar-refractivity contribution in [3.63, 3.8) is 0 Å². The van der Waals surface area contributed by atoms with Gasteiger partial charge >= 0.3 is 0 Å². The maximum absolute atomic E-state index is 5.40. The third kappa shape index (κ3) is 4.72. The molecule has 0 aliphatic heterocycles. The van der Waals surface area contributed by atoms with Crippen LogP contribution in [0.3, 0.4) is 0 Å². The molecule has 0 bridgehead atoms. The number of rotatable bonds is 5. The number of pyridine rings is 1. The van der Waals surface area contributed by atoms with E-state index in [9.17, 15) is 0 Å². The highest BCUT2D eigenvalue weighted by Crippen LogP contribution is 2.63. The Kier molecular flexibility index (Phi) is 7.11. The van der Waals surface area contributed by atoms with Crippen molar-refractivity contribution in [2.75, 3.05) is 0 Å². The monoisotopic (exact) mass is 738 g/mol. The van der Waals surface area contributed by atoms with Gasteiger partial charge < -0.3 is 0 Å². The number of imidazole rings is 1. The first-order valence-corrected chi connectivity index (χ1v) is 19.8. The molecule has 2 aliphatic carbocycles. The summed E-state index contributed by atoms with van der Waals surface area (Å²) >= 11 is 0. The van der Waals surface area contributed by atoms with Gasteiger partial charge in [-0.2, -0.15) is 0 Å². The summed E-state index contributed by atoms with van der Waals surface area (Å²) in [5.41, 5.74) is 19.7. The molecule has 58 heavy (non-hydrogen) atoms. The molecule has 0 atom stereocenters. The van der Waals surface area contributed by atoms with E-state index in [2.05, 4.69) is 193 Å². The number of aromatic nitrogens is 4. The van der Waals surface area contributed by atoms with Crippen molar-refractivity contribution in [3.05, 3.63) is 229 Å². The summed E-state index contributed by atoms with van der Waals surface area (Å²) in [7, 11) is 0. The Morgan fingerprint density at radius 1 is 0.345 bits per heavy atom. The zero-order valence-electron chi connectivity index (χ0n) is 31.4. The summed E-state index contributed by atoms with van der Waals surface area (Å²) in [6.45, 7) is 0. The molecule has 0 fully saturated rings. The Hall–Kier alpha value is -7.69. The number of fused-ring (bicyclic) bond motifs is 11. The molecule has 1 spiro atoms. The van der Waals surface area contributed by atoms with Crippen molar-refractivity contribution < 1.29 is 0 Å². The lowest BCUT2D eigenvalue weighted by atomic mass is 9.70. The molecule has 0 N–H and O–H groups in total. The molecule has 0 saturated carbocycles. The van der Waals surface area contributed by atoms with Crippen molar-refractivity contribution in [2.45, 2.75) is 5.41 Å². The second-order valence-electron chi connectivity index (χ2n) is 15.2. The Morgan fingerprint density at radius 3 is 1.55 bits per heavy atom. The van der Waals surface area contributed by atoms with Gasteiger partial charge in [-0.3, -0.25) is 4.40 Å².